The largest absolute Gasteiger partial charge is 0.243 e. The number of sulfonamides is 1. The molecule has 0 aromatic carbocycles. The summed E-state index contributed by atoms with van der Waals surface area (Å²) < 4.78 is 26.8. The molecule has 0 aliphatic rings. The van der Waals surface area contributed by atoms with E-state index in [1.54, 1.807) is 13.8 Å². The van der Waals surface area contributed by atoms with E-state index in [1.807, 2.05) is 6.07 Å². The van der Waals surface area contributed by atoms with Gasteiger partial charge in [0, 0.05) is 17.2 Å². The fraction of sp³-hybridized carbons (Fsp3) is 0.400. The molecule has 0 bridgehead atoms. The van der Waals surface area contributed by atoms with Crippen molar-refractivity contribution in [2.75, 3.05) is 6.54 Å². The van der Waals surface area contributed by atoms with Crippen molar-refractivity contribution in [3.63, 3.8) is 0 Å². The average molecular weight is 353 g/mol. The summed E-state index contributed by atoms with van der Waals surface area (Å²) in [4.78, 5) is 3.63. The Bertz CT molecular complexity index is 596. The maximum Gasteiger partial charge on any atom is 0.243 e. The number of nitrogens with one attached hydrogen (secondary N) is 1. The third kappa shape index (κ3) is 3.92. The van der Waals surface area contributed by atoms with Gasteiger partial charge in [-0.15, -0.1) is 0 Å². The normalized spacial score (nSPS) is 12.2. The number of hydrogen-bond donors (Lipinski definition) is 1. The van der Waals surface area contributed by atoms with Crippen molar-refractivity contribution in [1.29, 1.82) is 5.26 Å². The van der Waals surface area contributed by atoms with Gasteiger partial charge in [-0.2, -0.15) is 5.26 Å². The molecule has 98 valence electrons. The molecule has 0 spiro atoms. The van der Waals surface area contributed by atoms with E-state index >= 15 is 0 Å². The lowest BCUT2D eigenvalue weighted by molar-refractivity contribution is 0.478. The lowest BCUT2D eigenvalue weighted by atomic mass is 9.97. The van der Waals surface area contributed by atoms with Crippen molar-refractivity contribution in [3.8, 4) is 6.07 Å². The topological polar surface area (TPSA) is 82.9 Å². The minimum Gasteiger partial charge on any atom is -0.242 e. The van der Waals surface area contributed by atoms with Gasteiger partial charge in [0.15, 0.2) is 0 Å². The number of rotatable bonds is 4. The molecule has 1 N–H and O–H groups in total. The Hall–Kier alpha value is -0.680. The van der Waals surface area contributed by atoms with Gasteiger partial charge in [0.25, 0.3) is 0 Å². The van der Waals surface area contributed by atoms with Crippen molar-refractivity contribution in [2.45, 2.75) is 18.7 Å². The zero-order chi connectivity index (χ0) is 14.0. The van der Waals surface area contributed by atoms with E-state index in [2.05, 4.69) is 25.6 Å². The van der Waals surface area contributed by atoms with Crippen molar-refractivity contribution >= 4 is 37.6 Å². The molecule has 1 aromatic heterocycles. The Kier molecular flexibility index (Phi) is 4.72. The molecule has 0 amide bonds. The summed E-state index contributed by atoms with van der Waals surface area (Å²) in [6.07, 6.45) is 1.40. The van der Waals surface area contributed by atoms with Gasteiger partial charge in [-0.05, 0) is 35.8 Å². The van der Waals surface area contributed by atoms with Crippen molar-refractivity contribution in [2.24, 2.45) is 5.41 Å². The van der Waals surface area contributed by atoms with E-state index in [-0.39, 0.29) is 16.6 Å². The number of aromatic nitrogens is 1. The van der Waals surface area contributed by atoms with Gasteiger partial charge in [-0.1, -0.05) is 11.6 Å². The number of nitriles is 1. The first-order valence-corrected chi connectivity index (χ1v) is 7.55. The molecule has 0 saturated carbocycles. The second-order valence-corrected chi connectivity index (χ2v) is 7.27. The van der Waals surface area contributed by atoms with E-state index in [1.165, 1.54) is 12.3 Å². The average Bonchev–Trinajstić information content (AvgIpc) is 2.30. The van der Waals surface area contributed by atoms with Gasteiger partial charge in [-0.25, -0.2) is 18.1 Å². The van der Waals surface area contributed by atoms with Crippen LogP contribution in [0.25, 0.3) is 0 Å². The monoisotopic (exact) mass is 351 g/mol. The Labute approximate surface area is 119 Å². The molecule has 0 unspecified atom stereocenters. The fourth-order valence-electron chi connectivity index (χ4n) is 0.985. The maximum absolute atomic E-state index is 12.0. The molecule has 0 atom stereocenters. The first kappa shape index (κ1) is 15.4. The zero-order valence-corrected chi connectivity index (χ0v) is 12.9. The molecular formula is C10H11BrClN3O2S. The van der Waals surface area contributed by atoms with Gasteiger partial charge >= 0.3 is 0 Å². The summed E-state index contributed by atoms with van der Waals surface area (Å²) in [5.74, 6) is 0. The summed E-state index contributed by atoms with van der Waals surface area (Å²) in [5.41, 5.74) is -0.793. The van der Waals surface area contributed by atoms with Crippen LogP contribution in [0, 0.1) is 16.7 Å². The van der Waals surface area contributed by atoms with Crippen molar-refractivity contribution < 1.29 is 8.42 Å². The first-order chi connectivity index (χ1) is 8.18. The van der Waals surface area contributed by atoms with Crippen LogP contribution >= 0.6 is 27.5 Å². The van der Waals surface area contributed by atoms with Crippen LogP contribution in [-0.4, -0.2) is 19.9 Å². The molecule has 0 aliphatic heterocycles. The third-order valence-electron chi connectivity index (χ3n) is 2.07. The van der Waals surface area contributed by atoms with Crippen LogP contribution in [-0.2, 0) is 10.0 Å². The Balaban J connectivity index is 3.02. The summed E-state index contributed by atoms with van der Waals surface area (Å²) in [6, 6.07) is 3.36. The predicted molar refractivity (Wildman–Crippen MR) is 71.5 cm³/mol. The number of pyridine rings is 1. The molecule has 8 heteroatoms. The van der Waals surface area contributed by atoms with E-state index in [0.717, 1.165) is 0 Å². The highest BCUT2D eigenvalue weighted by Crippen LogP contribution is 2.23. The Morgan fingerprint density at radius 2 is 2.22 bits per heavy atom. The smallest absolute Gasteiger partial charge is 0.242 e. The Morgan fingerprint density at radius 3 is 2.78 bits per heavy atom. The van der Waals surface area contributed by atoms with E-state index in [4.69, 9.17) is 16.9 Å². The molecule has 0 radical (unpaired) electrons. The van der Waals surface area contributed by atoms with Crippen LogP contribution in [0.5, 0.6) is 0 Å². The van der Waals surface area contributed by atoms with Crippen LogP contribution < -0.4 is 4.72 Å². The molecule has 1 rings (SSSR count). The molecule has 1 heterocycles. The molecule has 18 heavy (non-hydrogen) atoms. The van der Waals surface area contributed by atoms with E-state index < -0.39 is 15.4 Å². The highest BCUT2D eigenvalue weighted by Gasteiger charge is 2.24. The minimum absolute atomic E-state index is 0.00528. The number of nitrogens with zero attached hydrogens (tertiary/aromatic N) is 2. The van der Waals surface area contributed by atoms with Crippen molar-refractivity contribution in [1.82, 2.24) is 9.71 Å². The van der Waals surface area contributed by atoms with Crippen LogP contribution in [0.2, 0.25) is 5.15 Å². The van der Waals surface area contributed by atoms with Crippen molar-refractivity contribution in [3.05, 3.63) is 21.9 Å². The molecule has 5 nitrogen and oxygen atoms in total. The van der Waals surface area contributed by atoms with Crippen LogP contribution in [0.3, 0.4) is 0 Å². The van der Waals surface area contributed by atoms with Gasteiger partial charge in [-0.3, -0.25) is 0 Å². The molecule has 0 fully saturated rings. The minimum atomic E-state index is -3.78. The molecule has 1 aromatic rings. The second kappa shape index (κ2) is 5.53. The predicted octanol–water partition coefficient (Wildman–Crippen LogP) is 2.33. The number of halogens is 2. The first-order valence-electron chi connectivity index (χ1n) is 4.90. The van der Waals surface area contributed by atoms with Crippen LogP contribution in [0.4, 0.5) is 0 Å². The standard InChI is InChI=1S/C10H11BrClN3O2S/c1-10(2,5-13)6-15-18(16,17)8-3-7(11)4-14-9(8)12/h3-4,15H,6H2,1-2H3. The van der Waals surface area contributed by atoms with Gasteiger partial charge in [0.2, 0.25) is 10.0 Å². The molecule has 0 saturated heterocycles. The lowest BCUT2D eigenvalue weighted by Gasteiger charge is -2.16. The summed E-state index contributed by atoms with van der Waals surface area (Å²) >= 11 is 8.88. The van der Waals surface area contributed by atoms with Gasteiger partial charge in [0.05, 0.1) is 11.5 Å². The molecule has 0 aliphatic carbocycles. The van der Waals surface area contributed by atoms with Crippen LogP contribution in [0.15, 0.2) is 21.6 Å². The second-order valence-electron chi connectivity index (χ2n) is 4.26. The van der Waals surface area contributed by atoms with Gasteiger partial charge in [0.1, 0.15) is 10.0 Å². The van der Waals surface area contributed by atoms with E-state index in [9.17, 15) is 8.42 Å². The third-order valence-corrected chi connectivity index (χ3v) is 4.33. The van der Waals surface area contributed by atoms with Crippen LogP contribution in [0.1, 0.15) is 13.8 Å². The summed E-state index contributed by atoms with van der Waals surface area (Å²) in [5, 5.41) is 8.72. The number of hydrogen-bond acceptors (Lipinski definition) is 4. The summed E-state index contributed by atoms with van der Waals surface area (Å²) in [6.45, 7) is 3.27. The van der Waals surface area contributed by atoms with E-state index in [0.29, 0.717) is 4.47 Å². The highest BCUT2D eigenvalue weighted by atomic mass is 79.9. The Morgan fingerprint density at radius 1 is 1.61 bits per heavy atom. The fourth-order valence-corrected chi connectivity index (χ4v) is 3.14. The summed E-state index contributed by atoms with van der Waals surface area (Å²) in [7, 11) is -3.78. The maximum atomic E-state index is 12.0. The lowest BCUT2D eigenvalue weighted by Crippen LogP contribution is -2.33. The van der Waals surface area contributed by atoms with Gasteiger partial charge < -0.3 is 0 Å². The quantitative estimate of drug-likeness (QED) is 0.843. The highest BCUT2D eigenvalue weighted by molar-refractivity contribution is 9.10. The zero-order valence-electron chi connectivity index (χ0n) is 9.74. The molecular weight excluding hydrogens is 342 g/mol. The SMILES string of the molecule is CC(C)(C#N)CNS(=O)(=O)c1cc(Br)cnc1Cl.